The van der Waals surface area contributed by atoms with E-state index in [2.05, 4.69) is 24.8 Å². The summed E-state index contributed by atoms with van der Waals surface area (Å²) in [5.41, 5.74) is 8.96. The van der Waals surface area contributed by atoms with E-state index in [1.54, 1.807) is 18.2 Å². The van der Waals surface area contributed by atoms with Gasteiger partial charge >= 0.3 is 0 Å². The van der Waals surface area contributed by atoms with Gasteiger partial charge in [-0.2, -0.15) is 4.31 Å². The standard InChI is InChI=1S/C20H20ClN7O2S/c21-14-2-4-16-18(10-14)26-20(25-16)31(29,30)28-7-5-27(6-8-28)11-13-1-3-15-17(9-13)23-12-24-19(15)22/h1-4,9-10,12H,5-8,11H2,(H,25,26)(H2,22,23,24). The Morgan fingerprint density at radius 2 is 1.84 bits per heavy atom. The molecular weight excluding hydrogens is 438 g/mol. The largest absolute Gasteiger partial charge is 0.383 e. The number of hydrogen-bond acceptors (Lipinski definition) is 7. The fraction of sp³-hybridized carbons (Fsp3) is 0.250. The van der Waals surface area contributed by atoms with Crippen molar-refractivity contribution in [2.45, 2.75) is 11.7 Å². The monoisotopic (exact) mass is 457 g/mol. The molecule has 3 N–H and O–H groups in total. The van der Waals surface area contributed by atoms with E-state index in [9.17, 15) is 8.42 Å². The molecule has 0 aliphatic carbocycles. The second kappa shape index (κ2) is 7.72. The molecule has 1 saturated heterocycles. The normalized spacial score (nSPS) is 16.3. The van der Waals surface area contributed by atoms with Crippen molar-refractivity contribution >= 4 is 49.4 Å². The van der Waals surface area contributed by atoms with Gasteiger partial charge in [-0.05, 0) is 35.9 Å². The summed E-state index contributed by atoms with van der Waals surface area (Å²) in [4.78, 5) is 17.6. The highest BCUT2D eigenvalue weighted by molar-refractivity contribution is 7.89. The first-order chi connectivity index (χ1) is 14.9. The lowest BCUT2D eigenvalue weighted by molar-refractivity contribution is 0.181. The van der Waals surface area contributed by atoms with E-state index in [1.165, 1.54) is 10.6 Å². The molecule has 0 spiro atoms. The molecule has 31 heavy (non-hydrogen) atoms. The Bertz CT molecular complexity index is 1380. The van der Waals surface area contributed by atoms with Gasteiger partial charge in [-0.15, -0.1) is 0 Å². The number of nitrogens with two attached hydrogens (primary N) is 1. The summed E-state index contributed by atoms with van der Waals surface area (Å²) >= 11 is 5.99. The summed E-state index contributed by atoms with van der Waals surface area (Å²) in [7, 11) is -3.70. The summed E-state index contributed by atoms with van der Waals surface area (Å²) in [6.45, 7) is 2.73. The van der Waals surface area contributed by atoms with Crippen molar-refractivity contribution in [3.63, 3.8) is 0 Å². The van der Waals surface area contributed by atoms with E-state index in [1.807, 2.05) is 18.2 Å². The van der Waals surface area contributed by atoms with Crippen molar-refractivity contribution in [1.29, 1.82) is 0 Å². The zero-order valence-corrected chi connectivity index (χ0v) is 18.1. The molecule has 0 saturated carbocycles. The van der Waals surface area contributed by atoms with Crippen LogP contribution in [0.1, 0.15) is 5.56 Å². The van der Waals surface area contributed by atoms with Gasteiger partial charge in [-0.1, -0.05) is 17.7 Å². The molecular formula is C20H20ClN7O2S. The fourth-order valence-electron chi connectivity index (χ4n) is 3.81. The molecule has 11 heteroatoms. The first-order valence-electron chi connectivity index (χ1n) is 9.77. The van der Waals surface area contributed by atoms with Crippen molar-refractivity contribution < 1.29 is 8.42 Å². The zero-order chi connectivity index (χ0) is 21.6. The number of aromatic amines is 1. The number of hydrogen-bond donors (Lipinski definition) is 2. The number of nitrogen functional groups attached to an aromatic ring is 1. The Morgan fingerprint density at radius 1 is 1.03 bits per heavy atom. The molecule has 4 aromatic rings. The number of halogens is 1. The van der Waals surface area contributed by atoms with Crippen molar-refractivity contribution in [1.82, 2.24) is 29.1 Å². The zero-order valence-electron chi connectivity index (χ0n) is 16.5. The van der Waals surface area contributed by atoms with Gasteiger partial charge in [0.15, 0.2) is 0 Å². The fourth-order valence-corrected chi connectivity index (χ4v) is 5.32. The first kappa shape index (κ1) is 20.1. The van der Waals surface area contributed by atoms with Crippen LogP contribution in [0.25, 0.3) is 21.9 Å². The van der Waals surface area contributed by atoms with Crippen LogP contribution in [0.2, 0.25) is 5.02 Å². The molecule has 0 radical (unpaired) electrons. The summed E-state index contributed by atoms with van der Waals surface area (Å²) in [6.07, 6.45) is 1.46. The van der Waals surface area contributed by atoms with Crippen molar-refractivity contribution in [3.8, 4) is 0 Å². The van der Waals surface area contributed by atoms with E-state index in [4.69, 9.17) is 17.3 Å². The van der Waals surface area contributed by atoms with Crippen LogP contribution >= 0.6 is 11.6 Å². The predicted molar refractivity (Wildman–Crippen MR) is 119 cm³/mol. The second-order valence-corrected chi connectivity index (χ2v) is 9.78. The van der Waals surface area contributed by atoms with Gasteiger partial charge in [0.2, 0.25) is 5.16 Å². The minimum absolute atomic E-state index is 0.0509. The molecule has 2 aromatic carbocycles. The van der Waals surface area contributed by atoms with E-state index in [0.29, 0.717) is 54.6 Å². The highest BCUT2D eigenvalue weighted by Crippen LogP contribution is 2.23. The number of anilines is 1. The van der Waals surface area contributed by atoms with E-state index < -0.39 is 10.0 Å². The minimum Gasteiger partial charge on any atom is -0.383 e. The van der Waals surface area contributed by atoms with Gasteiger partial charge in [0.25, 0.3) is 10.0 Å². The average molecular weight is 458 g/mol. The topological polar surface area (TPSA) is 121 Å². The van der Waals surface area contributed by atoms with Crippen LogP contribution in [0.15, 0.2) is 47.9 Å². The summed E-state index contributed by atoms with van der Waals surface area (Å²) in [5.74, 6) is 0.461. The lowest BCUT2D eigenvalue weighted by Gasteiger charge is -2.33. The maximum atomic E-state index is 13.0. The predicted octanol–water partition coefficient (Wildman–Crippen LogP) is 2.25. The number of aromatic nitrogens is 4. The third-order valence-electron chi connectivity index (χ3n) is 5.48. The number of sulfonamides is 1. The molecule has 0 bridgehead atoms. The molecule has 3 heterocycles. The highest BCUT2D eigenvalue weighted by atomic mass is 35.5. The summed E-state index contributed by atoms with van der Waals surface area (Å²) in [5, 5.41) is 1.30. The van der Waals surface area contributed by atoms with Crippen LogP contribution in [0.5, 0.6) is 0 Å². The van der Waals surface area contributed by atoms with Crippen LogP contribution < -0.4 is 5.73 Å². The van der Waals surface area contributed by atoms with Crippen LogP contribution in [0.4, 0.5) is 5.82 Å². The second-order valence-electron chi connectivity index (χ2n) is 7.49. The van der Waals surface area contributed by atoms with Crippen LogP contribution in [0.3, 0.4) is 0 Å². The van der Waals surface area contributed by atoms with Gasteiger partial charge in [-0.3, -0.25) is 4.90 Å². The lowest BCUT2D eigenvalue weighted by atomic mass is 10.1. The Balaban J connectivity index is 1.28. The number of fused-ring (bicyclic) bond motifs is 2. The van der Waals surface area contributed by atoms with Crippen molar-refractivity contribution in [3.05, 3.63) is 53.3 Å². The quantitative estimate of drug-likeness (QED) is 0.482. The lowest BCUT2D eigenvalue weighted by Crippen LogP contribution is -2.48. The highest BCUT2D eigenvalue weighted by Gasteiger charge is 2.31. The Kier molecular flexibility index (Phi) is 5.01. The number of rotatable bonds is 4. The number of nitrogens with one attached hydrogen (secondary N) is 1. The number of imidazole rings is 1. The average Bonchev–Trinajstić information content (AvgIpc) is 3.18. The molecule has 5 rings (SSSR count). The maximum Gasteiger partial charge on any atom is 0.276 e. The van der Waals surface area contributed by atoms with Gasteiger partial charge in [0, 0.05) is 43.1 Å². The molecule has 1 aliphatic rings. The van der Waals surface area contributed by atoms with Crippen molar-refractivity contribution in [2.24, 2.45) is 0 Å². The Hall–Kier alpha value is -2.79. The van der Waals surface area contributed by atoms with Gasteiger partial charge in [-0.25, -0.2) is 23.4 Å². The van der Waals surface area contributed by atoms with Crippen LogP contribution in [-0.2, 0) is 16.6 Å². The number of nitrogens with zero attached hydrogens (tertiary/aromatic N) is 5. The molecule has 1 fully saturated rings. The summed E-state index contributed by atoms with van der Waals surface area (Å²) in [6, 6.07) is 11.0. The number of piperazine rings is 1. The minimum atomic E-state index is -3.70. The molecule has 2 aromatic heterocycles. The van der Waals surface area contributed by atoms with Gasteiger partial charge in [0.1, 0.15) is 12.1 Å². The molecule has 0 atom stereocenters. The molecule has 1 aliphatic heterocycles. The summed E-state index contributed by atoms with van der Waals surface area (Å²) < 4.78 is 27.5. The van der Waals surface area contributed by atoms with Gasteiger partial charge < -0.3 is 10.7 Å². The molecule has 160 valence electrons. The van der Waals surface area contributed by atoms with E-state index >= 15 is 0 Å². The van der Waals surface area contributed by atoms with E-state index in [0.717, 1.165) is 16.5 Å². The molecule has 0 amide bonds. The molecule has 9 nitrogen and oxygen atoms in total. The Labute approximate surface area is 183 Å². The smallest absolute Gasteiger partial charge is 0.276 e. The Morgan fingerprint density at radius 3 is 2.65 bits per heavy atom. The van der Waals surface area contributed by atoms with Crippen molar-refractivity contribution in [2.75, 3.05) is 31.9 Å². The maximum absolute atomic E-state index is 13.0. The third kappa shape index (κ3) is 3.83. The third-order valence-corrected chi connectivity index (χ3v) is 7.44. The van der Waals surface area contributed by atoms with E-state index in [-0.39, 0.29) is 5.16 Å². The number of benzene rings is 2. The van der Waals surface area contributed by atoms with Gasteiger partial charge in [0.05, 0.1) is 16.6 Å². The number of H-pyrrole nitrogens is 1. The SMILES string of the molecule is Nc1ncnc2cc(CN3CCN(S(=O)(=O)c4nc5ccc(Cl)cc5[nH]4)CC3)ccc12. The van der Waals surface area contributed by atoms with Crippen LogP contribution in [-0.4, -0.2) is 63.7 Å². The first-order valence-corrected chi connectivity index (χ1v) is 11.6. The molecule has 0 unspecified atom stereocenters. The van der Waals surface area contributed by atoms with Crippen LogP contribution in [0, 0.1) is 0 Å².